The van der Waals surface area contributed by atoms with E-state index in [0.717, 1.165) is 12.8 Å². The Morgan fingerprint density at radius 2 is 1.92 bits per heavy atom. The van der Waals surface area contributed by atoms with Crippen molar-refractivity contribution < 1.29 is 14.0 Å². The Labute approximate surface area is 218 Å². The van der Waals surface area contributed by atoms with Crippen LogP contribution in [0.5, 0.6) is 0 Å². The van der Waals surface area contributed by atoms with Gasteiger partial charge >= 0.3 is 0 Å². The van der Waals surface area contributed by atoms with Crippen molar-refractivity contribution in [2.24, 2.45) is 5.92 Å². The third-order valence-corrected chi connectivity index (χ3v) is 6.99. The van der Waals surface area contributed by atoms with Crippen LogP contribution in [0.4, 0.5) is 21.5 Å². The number of amides is 2. The van der Waals surface area contributed by atoms with Crippen LogP contribution in [-0.2, 0) is 9.59 Å². The van der Waals surface area contributed by atoms with E-state index in [2.05, 4.69) is 16.4 Å². The van der Waals surface area contributed by atoms with E-state index in [1.165, 1.54) is 31.3 Å². The van der Waals surface area contributed by atoms with Crippen LogP contribution in [0.15, 0.2) is 36.5 Å². The fourth-order valence-electron chi connectivity index (χ4n) is 4.44. The highest BCUT2D eigenvalue weighted by Crippen LogP contribution is 2.37. The first-order chi connectivity index (χ1) is 17.2. The highest BCUT2D eigenvalue weighted by molar-refractivity contribution is 6.36. The van der Waals surface area contributed by atoms with E-state index in [1.807, 2.05) is 4.90 Å². The van der Waals surface area contributed by atoms with Gasteiger partial charge in [-0.15, -0.1) is 0 Å². The molecule has 186 valence electrons. The molecule has 10 heteroatoms. The highest BCUT2D eigenvalue weighted by Gasteiger charge is 2.25. The Kier molecular flexibility index (Phi) is 7.62. The molecule has 1 saturated heterocycles. The van der Waals surface area contributed by atoms with Crippen LogP contribution in [0.2, 0.25) is 10.0 Å². The van der Waals surface area contributed by atoms with E-state index in [4.69, 9.17) is 23.2 Å². The summed E-state index contributed by atoms with van der Waals surface area (Å²) in [5.74, 6) is -0.426. The van der Waals surface area contributed by atoms with Crippen LogP contribution in [-0.4, -0.2) is 41.3 Å². The molecule has 1 aliphatic rings. The molecule has 36 heavy (non-hydrogen) atoms. The predicted octanol–water partition coefficient (Wildman–Crippen LogP) is 5.91. The quantitative estimate of drug-likeness (QED) is 0.445. The van der Waals surface area contributed by atoms with E-state index in [1.54, 1.807) is 24.0 Å². The van der Waals surface area contributed by atoms with Crippen LogP contribution in [0.3, 0.4) is 0 Å². The number of carbonyl (C=O) groups excluding carboxylic acids is 2. The lowest BCUT2D eigenvalue weighted by Gasteiger charge is -2.34. The third-order valence-electron chi connectivity index (χ3n) is 6.41. The lowest BCUT2D eigenvalue weighted by atomic mass is 9.95. The zero-order valence-corrected chi connectivity index (χ0v) is 21.3. The molecule has 1 fully saturated rings. The first-order valence-electron chi connectivity index (χ1n) is 11.5. The summed E-state index contributed by atoms with van der Waals surface area (Å²) in [4.78, 5) is 32.2. The molecule has 0 spiro atoms. The van der Waals surface area contributed by atoms with E-state index in [9.17, 15) is 19.2 Å². The number of nitriles is 1. The molecule has 1 aliphatic heterocycles. The second-order valence-electron chi connectivity index (χ2n) is 8.82. The van der Waals surface area contributed by atoms with Crippen molar-refractivity contribution in [3.8, 4) is 6.07 Å². The number of anilines is 3. The number of hydrogen-bond donors (Lipinski definition) is 1. The molecule has 3 aromatic rings. The van der Waals surface area contributed by atoms with Crippen molar-refractivity contribution in [1.82, 2.24) is 9.88 Å². The number of nitrogens with one attached hydrogen (secondary N) is 1. The Balaban J connectivity index is 1.73. The van der Waals surface area contributed by atoms with Gasteiger partial charge in [-0.3, -0.25) is 14.6 Å². The molecule has 0 saturated carbocycles. The summed E-state index contributed by atoms with van der Waals surface area (Å²) >= 11 is 12.5. The van der Waals surface area contributed by atoms with E-state index in [0.29, 0.717) is 52.6 Å². The summed E-state index contributed by atoms with van der Waals surface area (Å²) in [6.07, 6.45) is 3.00. The van der Waals surface area contributed by atoms with Gasteiger partial charge in [0.05, 0.1) is 26.8 Å². The molecule has 2 amide bonds. The van der Waals surface area contributed by atoms with Crippen LogP contribution in [0.1, 0.15) is 32.3 Å². The zero-order valence-electron chi connectivity index (χ0n) is 19.8. The van der Waals surface area contributed by atoms with Gasteiger partial charge in [0.25, 0.3) is 0 Å². The number of benzene rings is 2. The maximum absolute atomic E-state index is 13.7. The van der Waals surface area contributed by atoms with E-state index < -0.39 is 5.82 Å². The largest absolute Gasteiger partial charge is 0.354 e. The summed E-state index contributed by atoms with van der Waals surface area (Å²) < 4.78 is 13.7. The van der Waals surface area contributed by atoms with Gasteiger partial charge in [0.1, 0.15) is 11.9 Å². The van der Waals surface area contributed by atoms with Crippen molar-refractivity contribution in [2.75, 3.05) is 29.9 Å². The van der Waals surface area contributed by atoms with Gasteiger partial charge in [-0.1, -0.05) is 23.2 Å². The van der Waals surface area contributed by atoms with Crippen LogP contribution < -0.4 is 10.2 Å². The van der Waals surface area contributed by atoms with Gasteiger partial charge in [-0.2, -0.15) is 5.26 Å². The monoisotopic (exact) mass is 527 g/mol. The SMILES string of the molecule is CC(=O)N1CCC(CN(C(C)=O)c2cc(Cl)c3ncc(C#N)c(Nc4ccc(F)c(Cl)c4)c3c2)CC1. The second-order valence-corrected chi connectivity index (χ2v) is 9.63. The minimum atomic E-state index is -0.557. The number of piperidine rings is 1. The van der Waals surface area contributed by atoms with Gasteiger partial charge in [0.15, 0.2) is 0 Å². The number of fused-ring (bicyclic) bond motifs is 1. The Morgan fingerprint density at radius 1 is 1.19 bits per heavy atom. The maximum atomic E-state index is 13.7. The summed E-state index contributed by atoms with van der Waals surface area (Å²) in [5, 5.41) is 13.7. The molecular formula is C26H24Cl2FN5O2. The molecule has 0 atom stereocenters. The standard InChI is InChI=1S/C26H24Cl2FN5O2/c1-15(35)33-7-5-17(6-8-33)14-34(16(2)36)20-10-21-25(32-19-3-4-24(29)22(27)9-19)18(12-30)13-31-26(21)23(28)11-20/h3-4,9-11,13,17H,5-8,14H2,1-2H3,(H,31,32). The van der Waals surface area contributed by atoms with Crippen molar-refractivity contribution in [1.29, 1.82) is 5.26 Å². The first-order valence-corrected chi connectivity index (χ1v) is 12.2. The fraction of sp³-hybridized carbons (Fsp3) is 0.308. The van der Waals surface area contributed by atoms with Gasteiger partial charge in [0.2, 0.25) is 11.8 Å². The molecular weight excluding hydrogens is 504 g/mol. The first kappa shape index (κ1) is 25.7. The Morgan fingerprint density at radius 3 is 2.53 bits per heavy atom. The molecule has 1 N–H and O–H groups in total. The predicted molar refractivity (Wildman–Crippen MR) is 139 cm³/mol. The minimum Gasteiger partial charge on any atom is -0.354 e. The molecule has 2 heterocycles. The van der Waals surface area contributed by atoms with Crippen LogP contribution >= 0.6 is 23.2 Å². The van der Waals surface area contributed by atoms with E-state index in [-0.39, 0.29) is 28.3 Å². The summed E-state index contributed by atoms with van der Waals surface area (Å²) in [5.41, 5.74) is 2.18. The molecule has 7 nitrogen and oxygen atoms in total. The molecule has 0 aliphatic carbocycles. The molecule has 0 radical (unpaired) electrons. The van der Waals surface area contributed by atoms with Crippen molar-refractivity contribution in [3.63, 3.8) is 0 Å². The average molecular weight is 528 g/mol. The average Bonchev–Trinajstić information content (AvgIpc) is 2.85. The Hall–Kier alpha value is -3.41. The molecule has 0 bridgehead atoms. The molecule has 2 aromatic carbocycles. The highest BCUT2D eigenvalue weighted by atomic mass is 35.5. The van der Waals surface area contributed by atoms with Crippen LogP contribution in [0, 0.1) is 23.1 Å². The molecule has 0 unspecified atom stereocenters. The third kappa shape index (κ3) is 5.38. The molecule has 4 rings (SSSR count). The summed E-state index contributed by atoms with van der Waals surface area (Å²) in [6, 6.07) is 9.74. The zero-order chi connectivity index (χ0) is 26.0. The number of halogens is 3. The number of likely N-dealkylation sites (tertiary alicyclic amines) is 1. The van der Waals surface area contributed by atoms with Gasteiger partial charge in [-0.25, -0.2) is 4.39 Å². The fourth-order valence-corrected chi connectivity index (χ4v) is 4.89. The van der Waals surface area contributed by atoms with Gasteiger partial charge in [0, 0.05) is 56.4 Å². The summed E-state index contributed by atoms with van der Waals surface area (Å²) in [7, 11) is 0. The molecule has 1 aromatic heterocycles. The minimum absolute atomic E-state index is 0.0569. The number of carbonyl (C=O) groups is 2. The number of aromatic nitrogens is 1. The van der Waals surface area contributed by atoms with Crippen molar-refractivity contribution in [2.45, 2.75) is 26.7 Å². The van der Waals surface area contributed by atoms with Gasteiger partial charge < -0.3 is 15.1 Å². The van der Waals surface area contributed by atoms with E-state index >= 15 is 0 Å². The number of nitrogens with zero attached hydrogens (tertiary/aromatic N) is 4. The summed E-state index contributed by atoms with van der Waals surface area (Å²) in [6.45, 7) is 4.85. The number of rotatable bonds is 5. The lowest BCUT2D eigenvalue weighted by Crippen LogP contribution is -2.41. The van der Waals surface area contributed by atoms with Crippen molar-refractivity contribution in [3.05, 3.63) is 58.0 Å². The lowest BCUT2D eigenvalue weighted by molar-refractivity contribution is -0.130. The second kappa shape index (κ2) is 10.7. The van der Waals surface area contributed by atoms with Crippen molar-refractivity contribution >= 4 is 63.0 Å². The van der Waals surface area contributed by atoms with Gasteiger partial charge in [-0.05, 0) is 49.1 Å². The number of hydrogen-bond acceptors (Lipinski definition) is 5. The number of pyridine rings is 1. The normalized spacial score (nSPS) is 13.9. The maximum Gasteiger partial charge on any atom is 0.223 e. The van der Waals surface area contributed by atoms with Crippen LogP contribution in [0.25, 0.3) is 10.9 Å². The smallest absolute Gasteiger partial charge is 0.223 e. The topological polar surface area (TPSA) is 89.3 Å². The Bertz CT molecular complexity index is 1380.